The maximum atomic E-state index is 5.99. The van der Waals surface area contributed by atoms with Crippen LogP contribution < -0.4 is 5.73 Å². The number of nitrogens with two attached hydrogens (primary N) is 1. The van der Waals surface area contributed by atoms with Gasteiger partial charge in [-0.15, -0.1) is 24.0 Å². The van der Waals surface area contributed by atoms with Gasteiger partial charge in [0.1, 0.15) is 0 Å². The number of aromatic nitrogens is 2. The molecule has 21 heavy (non-hydrogen) atoms. The number of nitrogen functional groups attached to an aromatic ring is 1. The van der Waals surface area contributed by atoms with Gasteiger partial charge in [-0.05, 0) is 42.7 Å². The van der Waals surface area contributed by atoms with E-state index in [4.69, 9.17) is 17.3 Å². The molecule has 2 N–H and O–H groups in total. The Bertz CT molecular complexity index is 722. The van der Waals surface area contributed by atoms with Crippen LogP contribution >= 0.6 is 35.6 Å². The second-order valence-electron chi connectivity index (χ2n) is 4.84. The zero-order valence-electron chi connectivity index (χ0n) is 11.5. The van der Waals surface area contributed by atoms with Crippen LogP contribution in [0.25, 0.3) is 11.0 Å². The normalized spacial score (nSPS) is 10.5. The van der Waals surface area contributed by atoms with Gasteiger partial charge in [-0.2, -0.15) is 0 Å². The monoisotopic (exact) mass is 413 g/mol. The molecule has 0 spiro atoms. The van der Waals surface area contributed by atoms with Crippen LogP contribution in [0.1, 0.15) is 12.0 Å². The Balaban J connectivity index is 0.00000161. The lowest BCUT2D eigenvalue weighted by atomic mass is 10.1. The van der Waals surface area contributed by atoms with Crippen molar-refractivity contribution >= 4 is 52.6 Å². The fourth-order valence-corrected chi connectivity index (χ4v) is 2.55. The molecule has 0 saturated heterocycles. The number of anilines is 1. The molecule has 0 aliphatic rings. The summed E-state index contributed by atoms with van der Waals surface area (Å²) in [6.45, 7) is 0.870. The molecular weight excluding hydrogens is 397 g/mol. The molecule has 0 aliphatic heterocycles. The van der Waals surface area contributed by atoms with Gasteiger partial charge in [-0.1, -0.05) is 35.9 Å². The highest BCUT2D eigenvalue weighted by molar-refractivity contribution is 14.0. The van der Waals surface area contributed by atoms with Gasteiger partial charge < -0.3 is 10.3 Å². The summed E-state index contributed by atoms with van der Waals surface area (Å²) in [5, 5.41) is 0.776. The molecule has 0 aliphatic carbocycles. The minimum Gasteiger partial charge on any atom is -0.369 e. The molecule has 0 amide bonds. The second-order valence-corrected chi connectivity index (χ2v) is 5.28. The van der Waals surface area contributed by atoms with Gasteiger partial charge in [0.05, 0.1) is 11.0 Å². The van der Waals surface area contributed by atoms with Crippen LogP contribution in [0.2, 0.25) is 5.02 Å². The van der Waals surface area contributed by atoms with Crippen molar-refractivity contribution in [2.75, 3.05) is 5.73 Å². The standard InChI is InChI=1S/C16H16ClN3.HI/c17-13-9-7-12(8-10-13)4-3-11-20-15-6-2-1-5-14(15)19-16(20)18;/h1-2,5-10H,3-4,11H2,(H2,18,19);1H. The Morgan fingerprint density at radius 2 is 1.76 bits per heavy atom. The number of rotatable bonds is 4. The molecule has 3 aromatic rings. The minimum absolute atomic E-state index is 0. The molecule has 3 rings (SSSR count). The fourth-order valence-electron chi connectivity index (χ4n) is 2.42. The number of imidazole rings is 1. The molecular formula is C16H17ClIN3. The number of para-hydroxylation sites is 2. The summed E-state index contributed by atoms with van der Waals surface area (Å²) in [5.74, 6) is 0.585. The molecule has 5 heteroatoms. The third-order valence-corrected chi connectivity index (χ3v) is 3.70. The van der Waals surface area contributed by atoms with E-state index in [9.17, 15) is 0 Å². The first-order valence-electron chi connectivity index (χ1n) is 6.69. The number of benzene rings is 2. The van der Waals surface area contributed by atoms with Crippen molar-refractivity contribution < 1.29 is 0 Å². The Morgan fingerprint density at radius 1 is 1.05 bits per heavy atom. The van der Waals surface area contributed by atoms with Crippen molar-refractivity contribution in [2.24, 2.45) is 0 Å². The molecule has 0 radical (unpaired) electrons. The first-order valence-corrected chi connectivity index (χ1v) is 7.07. The molecule has 3 nitrogen and oxygen atoms in total. The van der Waals surface area contributed by atoms with Crippen LogP contribution in [0.15, 0.2) is 48.5 Å². The summed E-state index contributed by atoms with van der Waals surface area (Å²) in [7, 11) is 0. The molecule has 110 valence electrons. The van der Waals surface area contributed by atoms with Crippen molar-refractivity contribution in [1.82, 2.24) is 9.55 Å². The highest BCUT2D eigenvalue weighted by Crippen LogP contribution is 2.18. The van der Waals surface area contributed by atoms with Gasteiger partial charge in [-0.25, -0.2) is 4.98 Å². The van der Waals surface area contributed by atoms with Crippen molar-refractivity contribution in [2.45, 2.75) is 19.4 Å². The summed E-state index contributed by atoms with van der Waals surface area (Å²) < 4.78 is 2.07. The van der Waals surface area contributed by atoms with E-state index in [0.29, 0.717) is 5.95 Å². The Hall–Kier alpha value is -1.27. The highest BCUT2D eigenvalue weighted by atomic mass is 127. The first kappa shape index (κ1) is 16.1. The maximum Gasteiger partial charge on any atom is 0.201 e. The topological polar surface area (TPSA) is 43.8 Å². The van der Waals surface area contributed by atoms with Crippen LogP contribution in [0.4, 0.5) is 5.95 Å². The van der Waals surface area contributed by atoms with Crippen LogP contribution in [-0.4, -0.2) is 9.55 Å². The van der Waals surface area contributed by atoms with E-state index < -0.39 is 0 Å². The van der Waals surface area contributed by atoms with Gasteiger partial charge in [0.2, 0.25) is 5.95 Å². The van der Waals surface area contributed by atoms with Crippen molar-refractivity contribution in [3.05, 3.63) is 59.1 Å². The van der Waals surface area contributed by atoms with Crippen LogP contribution in [0, 0.1) is 0 Å². The highest BCUT2D eigenvalue weighted by Gasteiger charge is 2.06. The van der Waals surface area contributed by atoms with E-state index in [1.54, 1.807) is 0 Å². The number of hydrogen-bond acceptors (Lipinski definition) is 2. The molecule has 0 atom stereocenters. The van der Waals surface area contributed by atoms with E-state index >= 15 is 0 Å². The lowest BCUT2D eigenvalue weighted by Crippen LogP contribution is -2.04. The quantitative estimate of drug-likeness (QED) is 0.639. The Kier molecular flexibility index (Phi) is 5.47. The van der Waals surface area contributed by atoms with E-state index in [0.717, 1.165) is 35.4 Å². The summed E-state index contributed by atoms with van der Waals surface area (Å²) >= 11 is 5.88. The Labute approximate surface area is 146 Å². The molecule has 0 saturated carbocycles. The SMILES string of the molecule is I.Nc1nc2ccccc2n1CCCc1ccc(Cl)cc1. The lowest BCUT2D eigenvalue weighted by molar-refractivity contribution is 0.665. The van der Waals surface area contributed by atoms with Gasteiger partial charge >= 0.3 is 0 Å². The maximum absolute atomic E-state index is 5.99. The molecule has 0 unspecified atom stereocenters. The zero-order chi connectivity index (χ0) is 13.9. The number of halogens is 2. The van der Waals surface area contributed by atoms with Gasteiger partial charge in [0.25, 0.3) is 0 Å². The third kappa shape index (κ3) is 3.68. The third-order valence-electron chi connectivity index (χ3n) is 3.44. The average Bonchev–Trinajstić information content (AvgIpc) is 2.77. The predicted molar refractivity (Wildman–Crippen MR) is 99.3 cm³/mol. The number of fused-ring (bicyclic) bond motifs is 1. The molecule has 1 aromatic heterocycles. The average molecular weight is 414 g/mol. The van der Waals surface area contributed by atoms with Crippen LogP contribution in [0.5, 0.6) is 0 Å². The van der Waals surface area contributed by atoms with Gasteiger partial charge in [0.15, 0.2) is 0 Å². The van der Waals surface area contributed by atoms with E-state index in [-0.39, 0.29) is 24.0 Å². The summed E-state index contributed by atoms with van der Waals surface area (Å²) in [4.78, 5) is 4.37. The van der Waals surface area contributed by atoms with Crippen molar-refractivity contribution in [3.63, 3.8) is 0 Å². The number of hydrogen-bond donors (Lipinski definition) is 1. The minimum atomic E-state index is 0. The largest absolute Gasteiger partial charge is 0.369 e. The number of nitrogens with zero attached hydrogens (tertiary/aromatic N) is 2. The van der Waals surface area contributed by atoms with Gasteiger partial charge in [0, 0.05) is 11.6 Å². The smallest absolute Gasteiger partial charge is 0.201 e. The molecule has 0 bridgehead atoms. The van der Waals surface area contributed by atoms with Gasteiger partial charge in [-0.3, -0.25) is 0 Å². The first-order chi connectivity index (χ1) is 9.74. The number of aryl methyl sites for hydroxylation is 2. The molecule has 1 heterocycles. The molecule has 0 fully saturated rings. The zero-order valence-corrected chi connectivity index (χ0v) is 14.6. The van der Waals surface area contributed by atoms with Crippen LogP contribution in [0.3, 0.4) is 0 Å². The van der Waals surface area contributed by atoms with Crippen molar-refractivity contribution in [3.8, 4) is 0 Å². The van der Waals surface area contributed by atoms with E-state index in [2.05, 4.69) is 27.8 Å². The summed E-state index contributed by atoms with van der Waals surface area (Å²) in [6.07, 6.45) is 2.02. The van der Waals surface area contributed by atoms with Crippen LogP contribution in [-0.2, 0) is 13.0 Å². The van der Waals surface area contributed by atoms with E-state index in [1.807, 2.05) is 30.3 Å². The Morgan fingerprint density at radius 3 is 2.52 bits per heavy atom. The predicted octanol–water partition coefficient (Wildman–Crippen LogP) is 4.52. The lowest BCUT2D eigenvalue weighted by Gasteiger charge is -2.06. The van der Waals surface area contributed by atoms with Crippen molar-refractivity contribution in [1.29, 1.82) is 0 Å². The summed E-state index contributed by atoms with van der Waals surface area (Å²) in [5.41, 5.74) is 9.33. The van der Waals surface area contributed by atoms with E-state index in [1.165, 1.54) is 5.56 Å². The second kappa shape index (κ2) is 7.13. The molecule has 2 aromatic carbocycles. The summed E-state index contributed by atoms with van der Waals surface area (Å²) in [6, 6.07) is 16.0. The fraction of sp³-hybridized carbons (Fsp3) is 0.188.